The van der Waals surface area contributed by atoms with Crippen LogP contribution >= 0.6 is 0 Å². The molecule has 3 aromatic rings. The van der Waals surface area contributed by atoms with Crippen molar-refractivity contribution < 1.29 is 14.1 Å². The highest BCUT2D eigenvalue weighted by molar-refractivity contribution is 5.79. The highest BCUT2D eigenvalue weighted by Crippen LogP contribution is 2.26. The Kier molecular flexibility index (Phi) is 5.09. The molecule has 1 aromatic carbocycles. The molecular formula is C20H20N4O3. The maximum atomic E-state index is 12.5. The molecule has 2 aromatic heterocycles. The van der Waals surface area contributed by atoms with E-state index in [1.54, 1.807) is 6.20 Å². The van der Waals surface area contributed by atoms with E-state index in [1.807, 2.05) is 42.5 Å². The number of nitrogens with one attached hydrogen (secondary N) is 1. The zero-order valence-corrected chi connectivity index (χ0v) is 14.8. The molecule has 0 unspecified atom stereocenters. The number of hydrogen-bond acceptors (Lipinski definition) is 6. The largest absolute Gasteiger partial charge is 0.493 e. The van der Waals surface area contributed by atoms with E-state index >= 15 is 0 Å². The molecule has 138 valence electrons. The summed E-state index contributed by atoms with van der Waals surface area (Å²) >= 11 is 0. The second-order valence-electron chi connectivity index (χ2n) is 6.41. The van der Waals surface area contributed by atoms with E-state index in [4.69, 9.17) is 9.26 Å². The SMILES string of the molecule is O=C(NCCc1nc(-c2ccccn2)no1)[C@@H]1CCOc2ccccc2C1. The fraction of sp³-hybridized carbons (Fsp3) is 0.300. The van der Waals surface area contributed by atoms with Gasteiger partial charge in [0.05, 0.1) is 6.61 Å². The van der Waals surface area contributed by atoms with Crippen LogP contribution in [0, 0.1) is 5.92 Å². The van der Waals surface area contributed by atoms with Gasteiger partial charge in [-0.2, -0.15) is 4.98 Å². The van der Waals surface area contributed by atoms with Crippen molar-refractivity contribution in [2.24, 2.45) is 5.92 Å². The number of para-hydroxylation sites is 1. The molecule has 7 heteroatoms. The minimum atomic E-state index is -0.0968. The topological polar surface area (TPSA) is 90.1 Å². The van der Waals surface area contributed by atoms with Crippen LogP contribution in [0.5, 0.6) is 5.75 Å². The minimum Gasteiger partial charge on any atom is -0.493 e. The molecule has 0 aliphatic carbocycles. The molecule has 1 amide bonds. The molecule has 1 aliphatic heterocycles. The average Bonchev–Trinajstić information content (AvgIpc) is 3.07. The van der Waals surface area contributed by atoms with E-state index in [2.05, 4.69) is 20.4 Å². The first-order valence-corrected chi connectivity index (χ1v) is 9.02. The van der Waals surface area contributed by atoms with Crippen molar-refractivity contribution in [1.29, 1.82) is 0 Å². The smallest absolute Gasteiger partial charge is 0.228 e. The fourth-order valence-corrected chi connectivity index (χ4v) is 3.11. The van der Waals surface area contributed by atoms with Crippen LogP contribution in [0.3, 0.4) is 0 Å². The summed E-state index contributed by atoms with van der Waals surface area (Å²) < 4.78 is 11.0. The Morgan fingerprint density at radius 2 is 2.07 bits per heavy atom. The summed E-state index contributed by atoms with van der Waals surface area (Å²) in [6.07, 6.45) is 3.54. The number of ether oxygens (including phenoxy) is 1. The Labute approximate surface area is 156 Å². The molecule has 1 aliphatic rings. The molecule has 1 atom stereocenters. The average molecular weight is 364 g/mol. The first kappa shape index (κ1) is 17.2. The van der Waals surface area contributed by atoms with Gasteiger partial charge in [-0.25, -0.2) is 0 Å². The standard InChI is InChI=1S/C20H20N4O3/c25-20(15-9-12-26-17-7-2-1-5-14(17)13-15)22-11-8-18-23-19(24-27-18)16-6-3-4-10-21-16/h1-7,10,15H,8-9,11-13H2,(H,22,25)/t15-/m1/s1. The molecule has 0 radical (unpaired) electrons. The van der Waals surface area contributed by atoms with Gasteiger partial charge in [0.2, 0.25) is 17.6 Å². The molecule has 0 saturated carbocycles. The zero-order valence-electron chi connectivity index (χ0n) is 14.8. The summed E-state index contributed by atoms with van der Waals surface area (Å²) in [4.78, 5) is 21.1. The first-order chi connectivity index (χ1) is 13.3. The van der Waals surface area contributed by atoms with Crippen molar-refractivity contribution >= 4 is 5.91 Å². The van der Waals surface area contributed by atoms with Crippen molar-refractivity contribution in [1.82, 2.24) is 20.4 Å². The second-order valence-corrected chi connectivity index (χ2v) is 6.41. The van der Waals surface area contributed by atoms with Crippen LogP contribution in [-0.2, 0) is 17.6 Å². The highest BCUT2D eigenvalue weighted by Gasteiger charge is 2.23. The molecule has 3 heterocycles. The van der Waals surface area contributed by atoms with Crippen LogP contribution in [0.15, 0.2) is 53.2 Å². The Bertz CT molecular complexity index is 910. The molecule has 1 N–H and O–H groups in total. The van der Waals surface area contributed by atoms with Crippen molar-refractivity contribution in [2.45, 2.75) is 19.3 Å². The minimum absolute atomic E-state index is 0.0276. The number of benzene rings is 1. The lowest BCUT2D eigenvalue weighted by atomic mass is 9.96. The molecular weight excluding hydrogens is 344 g/mol. The van der Waals surface area contributed by atoms with Gasteiger partial charge in [0, 0.05) is 25.1 Å². The third kappa shape index (κ3) is 4.13. The van der Waals surface area contributed by atoms with Crippen LogP contribution < -0.4 is 10.1 Å². The molecule has 0 fully saturated rings. The molecule has 7 nitrogen and oxygen atoms in total. The third-order valence-electron chi connectivity index (χ3n) is 4.53. The number of hydrogen-bond donors (Lipinski definition) is 1. The van der Waals surface area contributed by atoms with Gasteiger partial charge in [0.15, 0.2) is 0 Å². The fourth-order valence-electron chi connectivity index (χ4n) is 3.11. The number of carbonyl (C=O) groups is 1. The predicted octanol–water partition coefficient (Wildman–Crippen LogP) is 2.43. The maximum Gasteiger partial charge on any atom is 0.228 e. The molecule has 0 spiro atoms. The Morgan fingerprint density at radius 3 is 2.96 bits per heavy atom. The monoisotopic (exact) mass is 364 g/mol. The lowest BCUT2D eigenvalue weighted by Gasteiger charge is -2.13. The third-order valence-corrected chi connectivity index (χ3v) is 4.53. The number of carbonyl (C=O) groups excluding carboxylic acids is 1. The molecule has 0 bridgehead atoms. The predicted molar refractivity (Wildman–Crippen MR) is 98.0 cm³/mol. The number of fused-ring (bicyclic) bond motifs is 1. The van der Waals surface area contributed by atoms with Gasteiger partial charge in [-0.1, -0.05) is 29.4 Å². The van der Waals surface area contributed by atoms with E-state index < -0.39 is 0 Å². The summed E-state index contributed by atoms with van der Waals surface area (Å²) in [5, 5.41) is 6.90. The summed E-state index contributed by atoms with van der Waals surface area (Å²) in [5.41, 5.74) is 1.74. The van der Waals surface area contributed by atoms with E-state index in [0.717, 1.165) is 11.3 Å². The van der Waals surface area contributed by atoms with Gasteiger partial charge in [0.1, 0.15) is 11.4 Å². The van der Waals surface area contributed by atoms with Crippen molar-refractivity contribution in [3.63, 3.8) is 0 Å². The van der Waals surface area contributed by atoms with Gasteiger partial charge in [-0.3, -0.25) is 9.78 Å². The lowest BCUT2D eigenvalue weighted by molar-refractivity contribution is -0.125. The Morgan fingerprint density at radius 1 is 1.19 bits per heavy atom. The van der Waals surface area contributed by atoms with E-state index in [0.29, 0.717) is 49.8 Å². The number of amides is 1. The van der Waals surface area contributed by atoms with Crippen LogP contribution in [0.1, 0.15) is 17.9 Å². The summed E-state index contributed by atoms with van der Waals surface area (Å²) in [6.45, 7) is 0.994. The van der Waals surface area contributed by atoms with Crippen LogP contribution in [0.25, 0.3) is 11.5 Å². The highest BCUT2D eigenvalue weighted by atomic mass is 16.5. The zero-order chi connectivity index (χ0) is 18.5. The number of aromatic nitrogens is 3. The van der Waals surface area contributed by atoms with Crippen LogP contribution in [-0.4, -0.2) is 34.2 Å². The van der Waals surface area contributed by atoms with Gasteiger partial charge in [0.25, 0.3) is 0 Å². The van der Waals surface area contributed by atoms with Crippen LogP contribution in [0.4, 0.5) is 0 Å². The summed E-state index contributed by atoms with van der Waals surface area (Å²) in [6, 6.07) is 13.4. The summed E-state index contributed by atoms with van der Waals surface area (Å²) in [7, 11) is 0. The lowest BCUT2D eigenvalue weighted by Crippen LogP contribution is -2.33. The normalized spacial score (nSPS) is 16.1. The van der Waals surface area contributed by atoms with E-state index in [-0.39, 0.29) is 11.8 Å². The van der Waals surface area contributed by atoms with Crippen molar-refractivity contribution in [2.75, 3.05) is 13.2 Å². The number of rotatable bonds is 5. The van der Waals surface area contributed by atoms with Gasteiger partial charge >= 0.3 is 0 Å². The van der Waals surface area contributed by atoms with Gasteiger partial charge in [-0.15, -0.1) is 0 Å². The quantitative estimate of drug-likeness (QED) is 0.748. The Hall–Kier alpha value is -3.22. The van der Waals surface area contributed by atoms with Gasteiger partial charge in [-0.05, 0) is 36.6 Å². The maximum absolute atomic E-state index is 12.5. The molecule has 4 rings (SSSR count). The van der Waals surface area contributed by atoms with Gasteiger partial charge < -0.3 is 14.6 Å². The number of pyridine rings is 1. The number of nitrogens with zero attached hydrogens (tertiary/aromatic N) is 3. The Balaban J connectivity index is 1.30. The summed E-state index contributed by atoms with van der Waals surface area (Å²) in [5.74, 6) is 1.74. The molecule has 27 heavy (non-hydrogen) atoms. The second kappa shape index (κ2) is 7.99. The van der Waals surface area contributed by atoms with E-state index in [9.17, 15) is 4.79 Å². The van der Waals surface area contributed by atoms with Crippen molar-refractivity contribution in [3.05, 3.63) is 60.1 Å². The first-order valence-electron chi connectivity index (χ1n) is 9.02. The van der Waals surface area contributed by atoms with E-state index in [1.165, 1.54) is 0 Å². The van der Waals surface area contributed by atoms with Crippen LogP contribution in [0.2, 0.25) is 0 Å². The molecule has 0 saturated heterocycles. The van der Waals surface area contributed by atoms with Crippen molar-refractivity contribution in [3.8, 4) is 17.3 Å².